The minimum absolute atomic E-state index is 0.00849. The van der Waals surface area contributed by atoms with E-state index in [1.165, 1.54) is 0 Å². The van der Waals surface area contributed by atoms with Gasteiger partial charge in [0.25, 0.3) is 0 Å². The lowest BCUT2D eigenvalue weighted by atomic mass is 10.2. The van der Waals surface area contributed by atoms with Crippen molar-refractivity contribution in [3.63, 3.8) is 0 Å². The van der Waals surface area contributed by atoms with Crippen LogP contribution in [-0.4, -0.2) is 17.5 Å². The van der Waals surface area contributed by atoms with E-state index in [0.717, 1.165) is 40.8 Å². The highest BCUT2D eigenvalue weighted by Crippen LogP contribution is 2.28. The largest absolute Gasteiger partial charge is 0.329 e. The Balaban J connectivity index is 1.95. The van der Waals surface area contributed by atoms with Crippen LogP contribution in [0, 0.1) is 0 Å². The fourth-order valence-corrected chi connectivity index (χ4v) is 3.34. The molecule has 3 nitrogen and oxygen atoms in total. The van der Waals surface area contributed by atoms with Crippen molar-refractivity contribution in [1.82, 2.24) is 4.90 Å². The molecule has 144 valence electrons. The number of para-hydroxylation sites is 1. The minimum atomic E-state index is -0.00849. The van der Waals surface area contributed by atoms with Gasteiger partial charge in [-0.25, -0.2) is 4.79 Å². The summed E-state index contributed by atoms with van der Waals surface area (Å²) in [6.45, 7) is 3.47. The van der Waals surface area contributed by atoms with Gasteiger partial charge in [0, 0.05) is 17.6 Å². The summed E-state index contributed by atoms with van der Waals surface area (Å²) < 4.78 is 0.990. The van der Waals surface area contributed by atoms with E-state index in [1.807, 2.05) is 77.7 Å². The van der Waals surface area contributed by atoms with Gasteiger partial charge in [-0.2, -0.15) is 0 Å². The van der Waals surface area contributed by atoms with E-state index in [4.69, 9.17) is 0 Å². The standard InChI is InChI=1S/C24H25BrN2O/c1-2-3-18-26(19-20-10-6-4-7-11-20)24(28)27(22-12-8-5-9-13-22)23-16-14-21(25)15-17-23/h4-17H,2-3,18-19H2,1H3. The molecule has 0 fully saturated rings. The van der Waals surface area contributed by atoms with Gasteiger partial charge < -0.3 is 4.90 Å². The molecule has 0 aliphatic carbocycles. The summed E-state index contributed by atoms with van der Waals surface area (Å²) in [6.07, 6.45) is 2.02. The van der Waals surface area contributed by atoms with Crippen LogP contribution in [0.4, 0.5) is 16.2 Å². The Labute approximate surface area is 175 Å². The summed E-state index contributed by atoms with van der Waals surface area (Å²) in [7, 11) is 0. The Morgan fingerprint density at radius 2 is 1.39 bits per heavy atom. The second-order valence-corrected chi connectivity index (χ2v) is 7.61. The lowest BCUT2D eigenvalue weighted by Crippen LogP contribution is -2.41. The smallest absolute Gasteiger partial charge is 0.320 e. The molecule has 3 rings (SSSR count). The van der Waals surface area contributed by atoms with Crippen LogP contribution in [0.15, 0.2) is 89.4 Å². The number of hydrogen-bond acceptors (Lipinski definition) is 1. The molecule has 0 spiro atoms. The minimum Gasteiger partial charge on any atom is -0.320 e. The third-order valence-electron chi connectivity index (χ3n) is 4.56. The van der Waals surface area contributed by atoms with E-state index in [2.05, 4.69) is 35.0 Å². The third kappa shape index (κ3) is 5.23. The van der Waals surface area contributed by atoms with Crippen LogP contribution in [0.5, 0.6) is 0 Å². The summed E-state index contributed by atoms with van der Waals surface area (Å²) in [5.74, 6) is 0. The Kier molecular flexibility index (Phi) is 7.26. The highest BCUT2D eigenvalue weighted by atomic mass is 79.9. The fraction of sp³-hybridized carbons (Fsp3) is 0.208. The van der Waals surface area contributed by atoms with E-state index < -0.39 is 0 Å². The van der Waals surface area contributed by atoms with Crippen LogP contribution >= 0.6 is 15.9 Å². The van der Waals surface area contributed by atoms with E-state index in [1.54, 1.807) is 4.90 Å². The highest BCUT2D eigenvalue weighted by molar-refractivity contribution is 9.10. The zero-order valence-corrected chi connectivity index (χ0v) is 17.7. The monoisotopic (exact) mass is 436 g/mol. The number of halogens is 1. The van der Waals surface area contributed by atoms with Crippen molar-refractivity contribution in [2.45, 2.75) is 26.3 Å². The molecule has 28 heavy (non-hydrogen) atoms. The summed E-state index contributed by atoms with van der Waals surface area (Å²) in [4.78, 5) is 17.4. The number of amides is 2. The number of urea groups is 1. The number of anilines is 2. The maximum Gasteiger partial charge on any atom is 0.329 e. The van der Waals surface area contributed by atoms with Crippen molar-refractivity contribution in [3.05, 3.63) is 95.0 Å². The maximum atomic E-state index is 13.7. The van der Waals surface area contributed by atoms with Crippen LogP contribution < -0.4 is 4.90 Å². The SMILES string of the molecule is CCCCN(Cc1ccccc1)C(=O)N(c1ccccc1)c1ccc(Br)cc1. The predicted molar refractivity (Wildman–Crippen MR) is 120 cm³/mol. The predicted octanol–water partition coefficient (Wildman–Crippen LogP) is 7.01. The van der Waals surface area contributed by atoms with Gasteiger partial charge in [0.2, 0.25) is 0 Å². The van der Waals surface area contributed by atoms with Gasteiger partial charge in [0.15, 0.2) is 0 Å². The molecule has 0 atom stereocenters. The van der Waals surface area contributed by atoms with E-state index >= 15 is 0 Å². The maximum absolute atomic E-state index is 13.7. The van der Waals surface area contributed by atoms with Crippen LogP contribution in [0.2, 0.25) is 0 Å². The van der Waals surface area contributed by atoms with Crippen LogP contribution in [0.1, 0.15) is 25.3 Å². The first kappa shape index (κ1) is 20.2. The van der Waals surface area contributed by atoms with E-state index in [0.29, 0.717) is 6.54 Å². The number of unbranched alkanes of at least 4 members (excludes halogenated alkanes) is 1. The molecule has 0 aliphatic rings. The van der Waals surface area contributed by atoms with Gasteiger partial charge in [0.1, 0.15) is 0 Å². The second-order valence-electron chi connectivity index (χ2n) is 6.69. The zero-order valence-electron chi connectivity index (χ0n) is 16.1. The Hall–Kier alpha value is -2.59. The topological polar surface area (TPSA) is 23.6 Å². The first-order chi connectivity index (χ1) is 13.7. The van der Waals surface area contributed by atoms with Crippen molar-refractivity contribution < 1.29 is 4.79 Å². The van der Waals surface area contributed by atoms with Crippen molar-refractivity contribution in [2.75, 3.05) is 11.4 Å². The first-order valence-corrected chi connectivity index (χ1v) is 10.4. The van der Waals surface area contributed by atoms with Gasteiger partial charge >= 0.3 is 6.03 Å². The lowest BCUT2D eigenvalue weighted by molar-refractivity contribution is 0.203. The van der Waals surface area contributed by atoms with Crippen LogP contribution in [0.3, 0.4) is 0 Å². The molecule has 0 unspecified atom stereocenters. The molecule has 0 aliphatic heterocycles. The molecule has 0 radical (unpaired) electrons. The second kappa shape index (κ2) is 10.1. The summed E-state index contributed by atoms with van der Waals surface area (Å²) in [5.41, 5.74) is 2.86. The number of benzene rings is 3. The molecular formula is C24H25BrN2O. The third-order valence-corrected chi connectivity index (χ3v) is 5.09. The number of carbonyl (C=O) groups is 1. The number of hydrogen-bond donors (Lipinski definition) is 0. The quantitative estimate of drug-likeness (QED) is 0.390. The Morgan fingerprint density at radius 1 is 0.821 bits per heavy atom. The molecule has 0 N–H and O–H groups in total. The molecule has 3 aromatic carbocycles. The fourth-order valence-electron chi connectivity index (χ4n) is 3.07. The molecule has 0 heterocycles. The molecule has 0 saturated heterocycles. The van der Waals surface area contributed by atoms with E-state index in [9.17, 15) is 4.79 Å². The average molecular weight is 437 g/mol. The Morgan fingerprint density at radius 3 is 2.00 bits per heavy atom. The van der Waals surface area contributed by atoms with Crippen molar-refractivity contribution in [1.29, 1.82) is 0 Å². The summed E-state index contributed by atoms with van der Waals surface area (Å²) in [6, 6.07) is 27.9. The van der Waals surface area contributed by atoms with Crippen LogP contribution in [-0.2, 0) is 6.54 Å². The van der Waals surface area contributed by atoms with Gasteiger partial charge in [-0.3, -0.25) is 4.90 Å². The molecule has 0 aromatic heterocycles. The zero-order chi connectivity index (χ0) is 19.8. The average Bonchev–Trinajstić information content (AvgIpc) is 2.74. The van der Waals surface area contributed by atoms with Gasteiger partial charge in [0.05, 0.1) is 11.4 Å². The molecule has 3 aromatic rings. The first-order valence-electron chi connectivity index (χ1n) is 9.62. The highest BCUT2D eigenvalue weighted by Gasteiger charge is 2.24. The van der Waals surface area contributed by atoms with E-state index in [-0.39, 0.29) is 6.03 Å². The van der Waals surface area contributed by atoms with Crippen molar-refractivity contribution >= 4 is 33.3 Å². The summed E-state index contributed by atoms with van der Waals surface area (Å²) >= 11 is 3.48. The van der Waals surface area contributed by atoms with Gasteiger partial charge in [-0.1, -0.05) is 77.8 Å². The molecule has 2 amide bonds. The lowest BCUT2D eigenvalue weighted by Gasteiger charge is -2.31. The molecule has 0 bridgehead atoms. The summed E-state index contributed by atoms with van der Waals surface area (Å²) in [5, 5.41) is 0. The normalized spacial score (nSPS) is 10.5. The van der Waals surface area contributed by atoms with Gasteiger partial charge in [-0.05, 0) is 48.4 Å². The molecule has 0 saturated carbocycles. The number of carbonyl (C=O) groups excluding carboxylic acids is 1. The van der Waals surface area contributed by atoms with Crippen molar-refractivity contribution in [3.8, 4) is 0 Å². The van der Waals surface area contributed by atoms with Crippen molar-refractivity contribution in [2.24, 2.45) is 0 Å². The molecular weight excluding hydrogens is 412 g/mol. The Bertz CT molecular complexity index is 866. The molecule has 4 heteroatoms. The number of nitrogens with zero attached hydrogens (tertiary/aromatic N) is 2. The van der Waals surface area contributed by atoms with Gasteiger partial charge in [-0.15, -0.1) is 0 Å². The number of rotatable bonds is 7. The van der Waals surface area contributed by atoms with Crippen LogP contribution in [0.25, 0.3) is 0 Å².